The highest BCUT2D eigenvalue weighted by Gasteiger charge is 2.15. The molecule has 0 aliphatic carbocycles. The molecule has 0 saturated heterocycles. The van der Waals surface area contributed by atoms with Crippen molar-refractivity contribution in [2.75, 3.05) is 17.2 Å². The lowest BCUT2D eigenvalue weighted by molar-refractivity contribution is -0.114. The van der Waals surface area contributed by atoms with Gasteiger partial charge in [0.25, 0.3) is 5.91 Å². The molecule has 0 bridgehead atoms. The summed E-state index contributed by atoms with van der Waals surface area (Å²) in [6, 6.07) is 16.8. The third kappa shape index (κ3) is 3.25. The maximum atomic E-state index is 11.9. The number of carbonyl (C=O) groups excluding carboxylic acids is 1. The Balaban J connectivity index is 1.83. The second-order valence-corrected chi connectivity index (χ2v) is 6.53. The number of thioether (sulfide) groups is 1. The summed E-state index contributed by atoms with van der Waals surface area (Å²) in [5.74, 6) is 1.15. The van der Waals surface area contributed by atoms with Crippen LogP contribution in [0.4, 0.5) is 5.69 Å². The number of rotatable bonds is 4. The van der Waals surface area contributed by atoms with E-state index in [0.717, 1.165) is 24.4 Å². The lowest BCUT2D eigenvalue weighted by Crippen LogP contribution is -2.32. The first-order valence-electron chi connectivity index (χ1n) is 7.59. The Morgan fingerprint density at radius 1 is 1.09 bits per heavy atom. The fourth-order valence-corrected chi connectivity index (χ4v) is 3.33. The van der Waals surface area contributed by atoms with Crippen LogP contribution < -0.4 is 4.90 Å². The van der Waals surface area contributed by atoms with Gasteiger partial charge >= 0.3 is 0 Å². The highest BCUT2D eigenvalue weighted by molar-refractivity contribution is 7.99. The Labute approximate surface area is 135 Å². The molecule has 0 spiro atoms. The standard InChI is InChI=1S/C19H19NOS/c1-2-22-18-7-5-6-16(14-18)15-9-11-17(12-10-15)20-13-4-3-8-19(20)21/h3,5-12,14H,2,4,13H2,1H3. The van der Waals surface area contributed by atoms with Crippen LogP contribution in [-0.4, -0.2) is 18.2 Å². The van der Waals surface area contributed by atoms with Crippen molar-refractivity contribution < 1.29 is 4.79 Å². The lowest BCUT2D eigenvalue weighted by atomic mass is 10.0. The molecule has 0 aromatic heterocycles. The van der Waals surface area contributed by atoms with E-state index in [1.807, 2.05) is 34.9 Å². The first kappa shape index (κ1) is 14.9. The third-order valence-corrected chi connectivity index (χ3v) is 4.58. The molecule has 2 aromatic rings. The minimum Gasteiger partial charge on any atom is -0.309 e. The van der Waals surface area contributed by atoms with E-state index < -0.39 is 0 Å². The van der Waals surface area contributed by atoms with E-state index in [0.29, 0.717) is 0 Å². The van der Waals surface area contributed by atoms with E-state index in [4.69, 9.17) is 0 Å². The molecular weight excluding hydrogens is 290 g/mol. The molecule has 1 aliphatic rings. The van der Waals surface area contributed by atoms with E-state index in [-0.39, 0.29) is 5.91 Å². The summed E-state index contributed by atoms with van der Waals surface area (Å²) in [4.78, 5) is 15.0. The average molecular weight is 309 g/mol. The average Bonchev–Trinajstić information content (AvgIpc) is 2.56. The van der Waals surface area contributed by atoms with Gasteiger partial charge in [-0.1, -0.05) is 37.3 Å². The molecule has 0 atom stereocenters. The predicted molar refractivity (Wildman–Crippen MR) is 94.4 cm³/mol. The molecule has 1 amide bonds. The molecule has 0 unspecified atom stereocenters. The normalized spacial score (nSPS) is 14.4. The first-order valence-corrected chi connectivity index (χ1v) is 8.58. The second kappa shape index (κ2) is 6.84. The number of benzene rings is 2. The summed E-state index contributed by atoms with van der Waals surface area (Å²) >= 11 is 1.85. The van der Waals surface area contributed by atoms with Gasteiger partial charge in [0, 0.05) is 17.1 Å². The van der Waals surface area contributed by atoms with Crippen molar-refractivity contribution in [3.05, 3.63) is 60.7 Å². The van der Waals surface area contributed by atoms with Crippen LogP contribution in [0.2, 0.25) is 0 Å². The van der Waals surface area contributed by atoms with Crippen molar-refractivity contribution >= 4 is 23.4 Å². The fraction of sp³-hybridized carbons (Fsp3) is 0.211. The van der Waals surface area contributed by atoms with E-state index in [2.05, 4.69) is 43.3 Å². The minimum atomic E-state index is 0.0698. The molecule has 3 heteroatoms. The first-order chi connectivity index (χ1) is 10.8. The van der Waals surface area contributed by atoms with Gasteiger partial charge in [0.1, 0.15) is 0 Å². The van der Waals surface area contributed by atoms with Gasteiger partial charge in [0.05, 0.1) is 0 Å². The van der Waals surface area contributed by atoms with Crippen LogP contribution in [-0.2, 0) is 4.79 Å². The zero-order chi connectivity index (χ0) is 15.4. The van der Waals surface area contributed by atoms with Gasteiger partial charge in [-0.05, 0) is 53.6 Å². The Bertz CT molecular complexity index is 691. The molecule has 0 saturated carbocycles. The summed E-state index contributed by atoms with van der Waals surface area (Å²) in [6.45, 7) is 2.92. The molecule has 2 aromatic carbocycles. The number of nitrogens with zero attached hydrogens (tertiary/aromatic N) is 1. The van der Waals surface area contributed by atoms with Crippen molar-refractivity contribution in [2.24, 2.45) is 0 Å². The molecular formula is C19H19NOS. The summed E-state index contributed by atoms with van der Waals surface area (Å²) in [6.07, 6.45) is 4.51. The van der Waals surface area contributed by atoms with Crippen LogP contribution in [0.1, 0.15) is 13.3 Å². The van der Waals surface area contributed by atoms with Gasteiger partial charge < -0.3 is 4.90 Å². The maximum absolute atomic E-state index is 11.9. The summed E-state index contributed by atoms with van der Waals surface area (Å²) in [7, 11) is 0. The lowest BCUT2D eigenvalue weighted by Gasteiger charge is -2.23. The van der Waals surface area contributed by atoms with E-state index in [1.54, 1.807) is 6.08 Å². The summed E-state index contributed by atoms with van der Waals surface area (Å²) in [5.41, 5.74) is 3.37. The summed E-state index contributed by atoms with van der Waals surface area (Å²) < 4.78 is 0. The minimum absolute atomic E-state index is 0.0698. The van der Waals surface area contributed by atoms with Gasteiger partial charge in [-0.25, -0.2) is 0 Å². The van der Waals surface area contributed by atoms with Crippen LogP contribution in [0.15, 0.2) is 65.6 Å². The molecule has 2 nitrogen and oxygen atoms in total. The van der Waals surface area contributed by atoms with Gasteiger partial charge in [-0.2, -0.15) is 0 Å². The number of hydrogen-bond acceptors (Lipinski definition) is 2. The van der Waals surface area contributed by atoms with Gasteiger partial charge in [0.2, 0.25) is 0 Å². The Morgan fingerprint density at radius 3 is 2.64 bits per heavy atom. The molecule has 22 heavy (non-hydrogen) atoms. The zero-order valence-corrected chi connectivity index (χ0v) is 13.5. The van der Waals surface area contributed by atoms with Crippen molar-refractivity contribution in [1.29, 1.82) is 0 Å². The molecule has 1 heterocycles. The van der Waals surface area contributed by atoms with Gasteiger partial charge in [-0.3, -0.25) is 4.79 Å². The van der Waals surface area contributed by atoms with E-state index in [9.17, 15) is 4.79 Å². The molecule has 3 rings (SSSR count). The van der Waals surface area contributed by atoms with Gasteiger partial charge in [-0.15, -0.1) is 11.8 Å². The van der Waals surface area contributed by atoms with Crippen LogP contribution in [0, 0.1) is 0 Å². The third-order valence-electron chi connectivity index (χ3n) is 3.70. The van der Waals surface area contributed by atoms with Crippen LogP contribution >= 0.6 is 11.8 Å². The van der Waals surface area contributed by atoms with E-state index in [1.165, 1.54) is 16.0 Å². The van der Waals surface area contributed by atoms with Crippen molar-refractivity contribution in [2.45, 2.75) is 18.2 Å². The predicted octanol–water partition coefficient (Wildman–Crippen LogP) is 4.76. The molecule has 0 radical (unpaired) electrons. The highest BCUT2D eigenvalue weighted by Crippen LogP contribution is 2.28. The fourth-order valence-electron chi connectivity index (χ4n) is 2.61. The number of anilines is 1. The van der Waals surface area contributed by atoms with Crippen molar-refractivity contribution in [1.82, 2.24) is 0 Å². The number of amides is 1. The molecule has 1 aliphatic heterocycles. The number of hydrogen-bond donors (Lipinski definition) is 0. The smallest absolute Gasteiger partial charge is 0.250 e. The Hall–Kier alpha value is -2.00. The van der Waals surface area contributed by atoms with Crippen LogP contribution in [0.3, 0.4) is 0 Å². The van der Waals surface area contributed by atoms with Gasteiger partial charge in [0.15, 0.2) is 0 Å². The summed E-state index contributed by atoms with van der Waals surface area (Å²) in [5, 5.41) is 0. The van der Waals surface area contributed by atoms with Crippen molar-refractivity contribution in [3.63, 3.8) is 0 Å². The zero-order valence-electron chi connectivity index (χ0n) is 12.7. The topological polar surface area (TPSA) is 20.3 Å². The molecule has 112 valence electrons. The van der Waals surface area contributed by atoms with Crippen molar-refractivity contribution in [3.8, 4) is 11.1 Å². The van der Waals surface area contributed by atoms with Crippen LogP contribution in [0.5, 0.6) is 0 Å². The SMILES string of the molecule is CCSc1cccc(-c2ccc(N3CCC=CC3=O)cc2)c1. The molecule has 0 N–H and O–H groups in total. The highest BCUT2D eigenvalue weighted by atomic mass is 32.2. The second-order valence-electron chi connectivity index (χ2n) is 5.19. The maximum Gasteiger partial charge on any atom is 0.250 e. The Morgan fingerprint density at radius 2 is 1.91 bits per heavy atom. The van der Waals surface area contributed by atoms with E-state index >= 15 is 0 Å². The monoisotopic (exact) mass is 309 g/mol. The quantitative estimate of drug-likeness (QED) is 0.759. The van der Waals surface area contributed by atoms with Crippen LogP contribution in [0.25, 0.3) is 11.1 Å². The molecule has 0 fully saturated rings. The number of carbonyl (C=O) groups is 1. The largest absolute Gasteiger partial charge is 0.309 e. The Kier molecular flexibility index (Phi) is 4.64.